The first kappa shape index (κ1) is 27.7. The van der Waals surface area contributed by atoms with E-state index in [1.54, 1.807) is 6.07 Å². The molecule has 1 saturated heterocycles. The molecule has 5 aromatic rings. The second-order valence-electron chi connectivity index (χ2n) is 10.3. The molecule has 1 fully saturated rings. The molecule has 4 N–H and O–H groups in total. The van der Waals surface area contributed by atoms with E-state index in [1.165, 1.54) is 11.9 Å². The van der Waals surface area contributed by atoms with Gasteiger partial charge < -0.3 is 20.2 Å². The first-order valence-electron chi connectivity index (χ1n) is 13.9. The van der Waals surface area contributed by atoms with E-state index in [1.807, 2.05) is 25.1 Å². The summed E-state index contributed by atoms with van der Waals surface area (Å²) in [6, 6.07) is 22.3. The molecule has 3 heterocycles. The number of hydrogen-bond donors (Lipinski definition) is 4. The van der Waals surface area contributed by atoms with Crippen molar-refractivity contribution in [2.24, 2.45) is 0 Å². The van der Waals surface area contributed by atoms with Crippen molar-refractivity contribution in [3.8, 4) is 0 Å². The van der Waals surface area contributed by atoms with E-state index in [-0.39, 0.29) is 11.4 Å². The smallest absolute Gasteiger partial charge is 0.276 e. The van der Waals surface area contributed by atoms with Gasteiger partial charge in [-0.15, -0.1) is 0 Å². The number of aromatic amines is 2. The van der Waals surface area contributed by atoms with Gasteiger partial charge in [0.05, 0.1) is 17.4 Å². The van der Waals surface area contributed by atoms with Gasteiger partial charge in [0.1, 0.15) is 5.69 Å². The van der Waals surface area contributed by atoms with E-state index < -0.39 is 11.8 Å². The lowest BCUT2D eigenvalue weighted by Gasteiger charge is -2.36. The Kier molecular flexibility index (Phi) is 8.02. The van der Waals surface area contributed by atoms with Crippen LogP contribution in [0.3, 0.4) is 0 Å². The molecule has 2 amide bonds. The Hall–Kier alpha value is -4.48. The Bertz CT molecular complexity index is 1720. The van der Waals surface area contributed by atoms with Crippen LogP contribution in [0, 0.1) is 6.92 Å². The third kappa shape index (κ3) is 6.22. The summed E-state index contributed by atoms with van der Waals surface area (Å²) in [5.74, 6) is -0.715. The molecule has 3 aromatic carbocycles. The third-order valence-corrected chi connectivity index (χ3v) is 8.02. The Morgan fingerprint density at radius 1 is 0.952 bits per heavy atom. The molecule has 11 heteroatoms. The number of imidazole rings is 2. The molecule has 0 aliphatic carbocycles. The number of halogens is 1. The van der Waals surface area contributed by atoms with Crippen LogP contribution in [0.25, 0.3) is 11.0 Å². The second kappa shape index (κ2) is 12.2. The highest BCUT2D eigenvalue weighted by molar-refractivity contribution is 9.10. The minimum absolute atomic E-state index is 0.00631. The van der Waals surface area contributed by atoms with Crippen LogP contribution in [0.4, 0.5) is 17.3 Å². The highest BCUT2D eigenvalue weighted by atomic mass is 79.9. The SMILES string of the molecule is Cc1ccc(Br)cc1NC(=O)c1nc[nH]c1C(=O)Nc1nc2ccc(N3CCN(CCc4ccccc4)CC3)cc2[nH]1. The molecule has 214 valence electrons. The van der Waals surface area contributed by atoms with Gasteiger partial charge in [0.2, 0.25) is 5.95 Å². The average Bonchev–Trinajstić information content (AvgIpc) is 3.66. The molecule has 1 aliphatic rings. The number of rotatable bonds is 8. The highest BCUT2D eigenvalue weighted by Crippen LogP contribution is 2.24. The van der Waals surface area contributed by atoms with Crippen LogP contribution in [0.15, 0.2) is 77.5 Å². The Morgan fingerprint density at radius 3 is 2.57 bits per heavy atom. The Labute approximate surface area is 251 Å². The summed E-state index contributed by atoms with van der Waals surface area (Å²) in [4.78, 5) is 45.5. The van der Waals surface area contributed by atoms with Crippen molar-refractivity contribution in [2.75, 3.05) is 48.3 Å². The monoisotopic (exact) mass is 626 g/mol. The van der Waals surface area contributed by atoms with Crippen molar-refractivity contribution in [1.82, 2.24) is 24.8 Å². The first-order valence-corrected chi connectivity index (χ1v) is 14.7. The molecular weight excluding hydrogens is 596 g/mol. The number of anilines is 3. The van der Waals surface area contributed by atoms with Gasteiger partial charge >= 0.3 is 0 Å². The number of aryl methyl sites for hydroxylation is 1. The quantitative estimate of drug-likeness (QED) is 0.187. The van der Waals surface area contributed by atoms with Crippen LogP contribution < -0.4 is 15.5 Å². The molecule has 0 radical (unpaired) electrons. The van der Waals surface area contributed by atoms with Crippen molar-refractivity contribution in [2.45, 2.75) is 13.3 Å². The van der Waals surface area contributed by atoms with Gasteiger partial charge in [0.15, 0.2) is 5.69 Å². The van der Waals surface area contributed by atoms with Gasteiger partial charge in [-0.2, -0.15) is 0 Å². The van der Waals surface area contributed by atoms with Crippen molar-refractivity contribution in [3.05, 3.63) is 100 Å². The number of piperazine rings is 1. The summed E-state index contributed by atoms with van der Waals surface area (Å²) in [6.45, 7) is 6.86. The predicted molar refractivity (Wildman–Crippen MR) is 168 cm³/mol. The van der Waals surface area contributed by atoms with E-state index in [2.05, 4.69) is 98.8 Å². The first-order chi connectivity index (χ1) is 20.4. The van der Waals surface area contributed by atoms with Crippen LogP contribution in [0.2, 0.25) is 0 Å². The molecule has 0 spiro atoms. The van der Waals surface area contributed by atoms with Crippen molar-refractivity contribution in [3.63, 3.8) is 0 Å². The van der Waals surface area contributed by atoms with Gasteiger partial charge in [-0.25, -0.2) is 9.97 Å². The fraction of sp³-hybridized carbons (Fsp3) is 0.226. The number of carbonyl (C=O) groups excluding carboxylic acids is 2. The zero-order chi connectivity index (χ0) is 29.1. The van der Waals surface area contributed by atoms with Gasteiger partial charge in [-0.05, 0) is 54.8 Å². The molecule has 6 rings (SSSR count). The molecular formula is C31H31BrN8O2. The van der Waals surface area contributed by atoms with E-state index >= 15 is 0 Å². The number of H-pyrrole nitrogens is 2. The lowest BCUT2D eigenvalue weighted by atomic mass is 10.1. The maximum absolute atomic E-state index is 13.1. The summed E-state index contributed by atoms with van der Waals surface area (Å²) in [5.41, 5.74) is 5.60. The molecule has 10 nitrogen and oxygen atoms in total. The molecule has 0 bridgehead atoms. The van der Waals surface area contributed by atoms with Gasteiger partial charge in [0.25, 0.3) is 11.8 Å². The maximum Gasteiger partial charge on any atom is 0.276 e. The Balaban J connectivity index is 1.08. The minimum atomic E-state index is -0.519. The molecule has 2 aromatic heterocycles. The van der Waals surface area contributed by atoms with Crippen LogP contribution in [0.5, 0.6) is 0 Å². The minimum Gasteiger partial charge on any atom is -0.369 e. The maximum atomic E-state index is 13.1. The number of fused-ring (bicyclic) bond motifs is 1. The van der Waals surface area contributed by atoms with Crippen molar-refractivity contribution in [1.29, 1.82) is 0 Å². The van der Waals surface area contributed by atoms with Crippen LogP contribution in [-0.2, 0) is 6.42 Å². The molecule has 0 saturated carbocycles. The zero-order valence-electron chi connectivity index (χ0n) is 23.2. The number of amides is 2. The number of hydrogen-bond acceptors (Lipinski definition) is 6. The summed E-state index contributed by atoms with van der Waals surface area (Å²) >= 11 is 3.41. The van der Waals surface area contributed by atoms with Crippen molar-refractivity contribution >= 4 is 56.1 Å². The summed E-state index contributed by atoms with van der Waals surface area (Å²) in [5, 5.41) is 5.59. The largest absolute Gasteiger partial charge is 0.369 e. The van der Waals surface area contributed by atoms with Gasteiger partial charge in [-0.1, -0.05) is 52.3 Å². The molecule has 42 heavy (non-hydrogen) atoms. The molecule has 0 atom stereocenters. The fourth-order valence-electron chi connectivity index (χ4n) is 5.14. The zero-order valence-corrected chi connectivity index (χ0v) is 24.7. The number of aromatic nitrogens is 4. The highest BCUT2D eigenvalue weighted by Gasteiger charge is 2.23. The van der Waals surface area contributed by atoms with E-state index in [0.29, 0.717) is 11.6 Å². The number of benzene rings is 3. The Morgan fingerprint density at radius 2 is 1.76 bits per heavy atom. The van der Waals surface area contributed by atoms with E-state index in [0.717, 1.165) is 65.9 Å². The number of nitrogens with one attached hydrogen (secondary N) is 4. The van der Waals surface area contributed by atoms with Crippen LogP contribution in [-0.4, -0.2) is 69.4 Å². The second-order valence-corrected chi connectivity index (χ2v) is 11.3. The normalized spacial score (nSPS) is 13.8. The molecule has 1 aliphatic heterocycles. The summed E-state index contributed by atoms with van der Waals surface area (Å²) < 4.78 is 0.831. The van der Waals surface area contributed by atoms with Crippen LogP contribution >= 0.6 is 15.9 Å². The van der Waals surface area contributed by atoms with E-state index in [4.69, 9.17) is 0 Å². The van der Waals surface area contributed by atoms with Gasteiger partial charge in [-0.3, -0.25) is 19.8 Å². The van der Waals surface area contributed by atoms with Gasteiger partial charge in [0, 0.05) is 48.6 Å². The van der Waals surface area contributed by atoms with Crippen molar-refractivity contribution < 1.29 is 9.59 Å². The topological polar surface area (TPSA) is 122 Å². The summed E-state index contributed by atoms with van der Waals surface area (Å²) in [7, 11) is 0. The standard InChI is InChI=1S/C31H31BrN8O2/c1-20-7-8-22(32)17-25(20)35-29(41)27-28(34-19-33-27)30(42)38-31-36-24-10-9-23(18-26(24)37-31)40-15-13-39(14-16-40)12-11-21-5-3-2-4-6-21/h2-10,17-19H,11-16H2,1H3,(H,33,34)(H,35,41)(H2,36,37,38,42). The fourth-order valence-corrected chi connectivity index (χ4v) is 5.50. The van der Waals surface area contributed by atoms with Crippen LogP contribution in [0.1, 0.15) is 32.1 Å². The summed E-state index contributed by atoms with van der Waals surface area (Å²) in [6.07, 6.45) is 2.38. The van der Waals surface area contributed by atoms with E-state index in [9.17, 15) is 9.59 Å². The number of carbonyl (C=O) groups is 2. The molecule has 0 unspecified atom stereocenters. The average molecular weight is 628 g/mol. The predicted octanol–water partition coefficient (Wildman–Crippen LogP) is 5.23. The lowest BCUT2D eigenvalue weighted by Crippen LogP contribution is -2.47. The number of nitrogens with zero attached hydrogens (tertiary/aromatic N) is 4. The lowest BCUT2D eigenvalue weighted by molar-refractivity contribution is 0.0985. The third-order valence-electron chi connectivity index (χ3n) is 7.52.